The standard InChI is InChI=1S/C15H14ClFN4O3S/c16-15-18-9-12(17)13(20-15)19-11-3-1-10(2-4-11)14(22)21-5-7-25(23,24)8-6-21/h1-4,9H,5-8H2,(H,18,19,20). The Bertz CT molecular complexity index is 891. The van der Waals surface area contributed by atoms with E-state index in [0.29, 0.717) is 11.3 Å². The van der Waals surface area contributed by atoms with Crippen molar-refractivity contribution in [1.29, 1.82) is 0 Å². The zero-order chi connectivity index (χ0) is 18.0. The number of rotatable bonds is 3. The van der Waals surface area contributed by atoms with E-state index in [1.165, 1.54) is 4.90 Å². The van der Waals surface area contributed by atoms with Crippen LogP contribution in [0.15, 0.2) is 30.5 Å². The van der Waals surface area contributed by atoms with Crippen LogP contribution < -0.4 is 5.32 Å². The fourth-order valence-electron chi connectivity index (χ4n) is 2.36. The molecule has 1 aliphatic rings. The summed E-state index contributed by atoms with van der Waals surface area (Å²) in [6, 6.07) is 6.36. The molecular formula is C15H14ClFN4O3S. The Kier molecular flexibility index (Phi) is 4.87. The minimum absolute atomic E-state index is 0.0217. The highest BCUT2D eigenvalue weighted by molar-refractivity contribution is 7.91. The smallest absolute Gasteiger partial charge is 0.253 e. The van der Waals surface area contributed by atoms with Gasteiger partial charge >= 0.3 is 0 Å². The number of carbonyl (C=O) groups excluding carboxylic acids is 1. The summed E-state index contributed by atoms with van der Waals surface area (Å²) >= 11 is 5.63. The average Bonchev–Trinajstić information content (AvgIpc) is 2.58. The van der Waals surface area contributed by atoms with E-state index in [-0.39, 0.29) is 41.6 Å². The quantitative estimate of drug-likeness (QED) is 0.812. The van der Waals surface area contributed by atoms with Gasteiger partial charge in [-0.2, -0.15) is 4.98 Å². The third kappa shape index (κ3) is 4.23. The normalized spacial score (nSPS) is 16.5. The van der Waals surface area contributed by atoms with Crippen LogP contribution in [0.25, 0.3) is 0 Å². The molecule has 25 heavy (non-hydrogen) atoms. The number of nitrogens with zero attached hydrogens (tertiary/aromatic N) is 3. The van der Waals surface area contributed by atoms with Crippen molar-refractivity contribution >= 4 is 38.9 Å². The predicted octanol–water partition coefficient (Wildman–Crippen LogP) is 1.88. The third-order valence-corrected chi connectivity index (χ3v) is 5.53. The van der Waals surface area contributed by atoms with Gasteiger partial charge in [-0.1, -0.05) is 0 Å². The van der Waals surface area contributed by atoms with Crippen LogP contribution in [0.2, 0.25) is 5.28 Å². The summed E-state index contributed by atoms with van der Waals surface area (Å²) in [5, 5.41) is 2.67. The molecule has 0 spiro atoms. The van der Waals surface area contributed by atoms with E-state index in [1.807, 2.05) is 0 Å². The summed E-state index contributed by atoms with van der Waals surface area (Å²) < 4.78 is 36.5. The molecule has 7 nitrogen and oxygen atoms in total. The van der Waals surface area contributed by atoms with E-state index in [9.17, 15) is 17.6 Å². The van der Waals surface area contributed by atoms with E-state index < -0.39 is 15.7 Å². The highest BCUT2D eigenvalue weighted by atomic mass is 35.5. The van der Waals surface area contributed by atoms with Crippen LogP contribution >= 0.6 is 11.6 Å². The van der Waals surface area contributed by atoms with Gasteiger partial charge < -0.3 is 10.2 Å². The molecule has 1 saturated heterocycles. The van der Waals surface area contributed by atoms with Crippen LogP contribution in [0.3, 0.4) is 0 Å². The second-order valence-electron chi connectivity index (χ2n) is 5.48. The fourth-order valence-corrected chi connectivity index (χ4v) is 3.70. The van der Waals surface area contributed by atoms with Crippen LogP contribution in [0.1, 0.15) is 10.4 Å². The number of nitrogens with one attached hydrogen (secondary N) is 1. The lowest BCUT2D eigenvalue weighted by Gasteiger charge is -2.26. The first-order valence-electron chi connectivity index (χ1n) is 7.39. The van der Waals surface area contributed by atoms with Gasteiger partial charge in [0.2, 0.25) is 5.28 Å². The molecule has 1 fully saturated rings. The molecule has 0 saturated carbocycles. The Labute approximate surface area is 148 Å². The zero-order valence-corrected chi connectivity index (χ0v) is 14.5. The molecule has 3 rings (SSSR count). The molecule has 132 valence electrons. The summed E-state index contributed by atoms with van der Waals surface area (Å²) in [6.45, 7) is 0.373. The first-order chi connectivity index (χ1) is 11.8. The Morgan fingerprint density at radius 2 is 1.84 bits per heavy atom. The molecule has 1 N–H and O–H groups in total. The lowest BCUT2D eigenvalue weighted by atomic mass is 10.1. The minimum atomic E-state index is -3.04. The van der Waals surface area contributed by atoms with Crippen LogP contribution in [-0.4, -0.2) is 53.8 Å². The predicted molar refractivity (Wildman–Crippen MR) is 91.3 cm³/mol. The van der Waals surface area contributed by atoms with Crippen molar-refractivity contribution in [3.05, 3.63) is 47.1 Å². The van der Waals surface area contributed by atoms with E-state index in [0.717, 1.165) is 6.20 Å². The number of hydrogen-bond donors (Lipinski definition) is 1. The van der Waals surface area contributed by atoms with Gasteiger partial charge in [0.05, 0.1) is 17.7 Å². The first kappa shape index (κ1) is 17.6. The van der Waals surface area contributed by atoms with Gasteiger partial charge in [-0.3, -0.25) is 4.79 Å². The Morgan fingerprint density at radius 3 is 2.48 bits per heavy atom. The highest BCUT2D eigenvalue weighted by Gasteiger charge is 2.25. The van der Waals surface area contributed by atoms with E-state index in [2.05, 4.69) is 15.3 Å². The minimum Gasteiger partial charge on any atom is -0.338 e. The van der Waals surface area contributed by atoms with E-state index in [4.69, 9.17) is 11.6 Å². The maximum Gasteiger partial charge on any atom is 0.253 e. The summed E-state index contributed by atoms with van der Waals surface area (Å²) in [4.78, 5) is 21.2. The van der Waals surface area contributed by atoms with E-state index >= 15 is 0 Å². The molecule has 0 radical (unpaired) electrons. The molecule has 0 aliphatic carbocycles. The molecule has 10 heteroatoms. The second kappa shape index (κ2) is 6.93. The molecule has 1 aliphatic heterocycles. The SMILES string of the molecule is O=C(c1ccc(Nc2nc(Cl)ncc2F)cc1)N1CCS(=O)(=O)CC1. The molecular weight excluding hydrogens is 371 g/mol. The van der Waals surface area contributed by atoms with Gasteiger partial charge in [-0.25, -0.2) is 17.8 Å². The second-order valence-corrected chi connectivity index (χ2v) is 8.12. The maximum atomic E-state index is 13.6. The lowest BCUT2D eigenvalue weighted by molar-refractivity contribution is 0.0770. The molecule has 0 bridgehead atoms. The number of benzene rings is 1. The molecule has 2 aromatic rings. The highest BCUT2D eigenvalue weighted by Crippen LogP contribution is 2.20. The monoisotopic (exact) mass is 384 g/mol. The first-order valence-corrected chi connectivity index (χ1v) is 9.59. The van der Waals surface area contributed by atoms with Gasteiger partial charge in [-0.05, 0) is 35.9 Å². The Hall–Kier alpha value is -2.26. The van der Waals surface area contributed by atoms with Crippen molar-refractivity contribution in [1.82, 2.24) is 14.9 Å². The number of hydrogen-bond acceptors (Lipinski definition) is 6. The number of halogens is 2. The fraction of sp³-hybridized carbons (Fsp3) is 0.267. The van der Waals surface area contributed by atoms with Crippen LogP contribution in [0.5, 0.6) is 0 Å². The van der Waals surface area contributed by atoms with Crippen molar-refractivity contribution in [2.24, 2.45) is 0 Å². The van der Waals surface area contributed by atoms with Gasteiger partial charge in [-0.15, -0.1) is 0 Å². The third-order valence-electron chi connectivity index (χ3n) is 3.74. The molecule has 1 aromatic heterocycles. The van der Waals surface area contributed by atoms with Gasteiger partial charge in [0.25, 0.3) is 5.91 Å². The Balaban J connectivity index is 1.70. The van der Waals surface area contributed by atoms with Crippen LogP contribution in [-0.2, 0) is 9.84 Å². The lowest BCUT2D eigenvalue weighted by Crippen LogP contribution is -2.43. The zero-order valence-electron chi connectivity index (χ0n) is 12.9. The van der Waals surface area contributed by atoms with Crippen molar-refractivity contribution < 1.29 is 17.6 Å². The van der Waals surface area contributed by atoms with Crippen molar-refractivity contribution in [3.63, 3.8) is 0 Å². The Morgan fingerprint density at radius 1 is 1.20 bits per heavy atom. The summed E-state index contributed by atoms with van der Waals surface area (Å²) in [5.74, 6) is -1.00. The van der Waals surface area contributed by atoms with Gasteiger partial charge in [0, 0.05) is 24.3 Å². The maximum absolute atomic E-state index is 13.6. The number of aromatic nitrogens is 2. The van der Waals surface area contributed by atoms with Crippen molar-refractivity contribution in [2.45, 2.75) is 0 Å². The van der Waals surface area contributed by atoms with Crippen molar-refractivity contribution in [2.75, 3.05) is 29.9 Å². The number of anilines is 2. The number of sulfone groups is 1. The molecule has 1 amide bonds. The number of carbonyl (C=O) groups is 1. The van der Waals surface area contributed by atoms with Gasteiger partial charge in [0.15, 0.2) is 21.5 Å². The summed E-state index contributed by atoms with van der Waals surface area (Å²) in [7, 11) is -3.04. The number of amides is 1. The van der Waals surface area contributed by atoms with E-state index in [1.54, 1.807) is 24.3 Å². The molecule has 0 unspecified atom stereocenters. The summed E-state index contributed by atoms with van der Waals surface area (Å²) in [5.41, 5.74) is 0.942. The van der Waals surface area contributed by atoms with Crippen LogP contribution in [0.4, 0.5) is 15.9 Å². The molecule has 2 heterocycles. The van der Waals surface area contributed by atoms with Crippen molar-refractivity contribution in [3.8, 4) is 0 Å². The molecule has 0 atom stereocenters. The topological polar surface area (TPSA) is 92.3 Å². The molecule has 1 aromatic carbocycles. The van der Waals surface area contributed by atoms with Gasteiger partial charge in [0.1, 0.15) is 0 Å². The summed E-state index contributed by atoms with van der Waals surface area (Å²) in [6.07, 6.45) is 0.958. The largest absolute Gasteiger partial charge is 0.338 e. The van der Waals surface area contributed by atoms with Crippen LogP contribution in [0, 0.1) is 5.82 Å². The average molecular weight is 385 g/mol.